The Hall–Kier alpha value is -2.77. The summed E-state index contributed by atoms with van der Waals surface area (Å²) in [6, 6.07) is 11.3. The van der Waals surface area contributed by atoms with Crippen molar-refractivity contribution in [3.63, 3.8) is 0 Å². The highest BCUT2D eigenvalue weighted by Gasteiger charge is 2.17. The molecule has 1 aromatic carbocycles. The van der Waals surface area contributed by atoms with Crippen LogP contribution < -0.4 is 11.2 Å². The van der Waals surface area contributed by atoms with E-state index in [4.69, 9.17) is 11.6 Å². The van der Waals surface area contributed by atoms with Crippen LogP contribution in [-0.2, 0) is 13.1 Å². The fourth-order valence-electron chi connectivity index (χ4n) is 2.93. The molecule has 0 saturated heterocycles. The van der Waals surface area contributed by atoms with E-state index in [1.165, 1.54) is 34.2 Å². The van der Waals surface area contributed by atoms with Crippen LogP contribution in [0.2, 0.25) is 5.02 Å². The zero-order valence-electron chi connectivity index (χ0n) is 13.9. The Morgan fingerprint density at radius 2 is 1.89 bits per heavy atom. The highest BCUT2D eigenvalue weighted by atomic mass is 35.5. The molecule has 5 nitrogen and oxygen atoms in total. The molecule has 0 aliphatic carbocycles. The summed E-state index contributed by atoms with van der Waals surface area (Å²) in [5.41, 5.74) is -0.323. The van der Waals surface area contributed by atoms with E-state index in [9.17, 15) is 14.0 Å². The summed E-state index contributed by atoms with van der Waals surface area (Å²) >= 11 is 7.58. The molecule has 3 heterocycles. The molecule has 4 rings (SSSR count). The Morgan fingerprint density at radius 1 is 1.04 bits per heavy atom. The Balaban J connectivity index is 1.96. The van der Waals surface area contributed by atoms with Crippen LogP contribution in [0.4, 0.5) is 4.39 Å². The van der Waals surface area contributed by atoms with Gasteiger partial charge in [0.1, 0.15) is 5.82 Å². The van der Waals surface area contributed by atoms with Crippen molar-refractivity contribution < 1.29 is 4.39 Å². The van der Waals surface area contributed by atoms with Crippen LogP contribution in [0, 0.1) is 5.82 Å². The SMILES string of the molecule is O=c1c2ncccc2n(Cc2c(F)cccc2Cl)c(=O)n1Cc1cccs1. The number of halogens is 2. The van der Waals surface area contributed by atoms with E-state index in [0.717, 1.165) is 9.44 Å². The van der Waals surface area contributed by atoms with Crippen molar-refractivity contribution in [1.82, 2.24) is 14.1 Å². The summed E-state index contributed by atoms with van der Waals surface area (Å²) in [4.78, 5) is 30.9. The second kappa shape index (κ2) is 7.09. The first kappa shape index (κ1) is 17.6. The van der Waals surface area contributed by atoms with Gasteiger partial charge in [-0.2, -0.15) is 0 Å². The van der Waals surface area contributed by atoms with Crippen LogP contribution in [-0.4, -0.2) is 14.1 Å². The molecule has 27 heavy (non-hydrogen) atoms. The first-order chi connectivity index (χ1) is 13.1. The third-order valence-electron chi connectivity index (χ3n) is 4.26. The Kier molecular flexibility index (Phi) is 4.63. The molecule has 0 amide bonds. The minimum atomic E-state index is -0.534. The molecular formula is C19H13ClFN3O2S. The highest BCUT2D eigenvalue weighted by molar-refractivity contribution is 7.09. The molecule has 0 unspecified atom stereocenters. The molecule has 0 aliphatic heterocycles. The van der Waals surface area contributed by atoms with Crippen LogP contribution in [0.5, 0.6) is 0 Å². The standard InChI is InChI=1S/C19H13ClFN3O2S/c20-14-5-1-6-15(21)13(14)11-23-16-7-2-8-22-17(16)18(25)24(19(23)26)10-12-4-3-9-27-12/h1-9H,10-11H2. The molecular weight excluding hydrogens is 389 g/mol. The quantitative estimate of drug-likeness (QED) is 0.526. The number of hydrogen-bond acceptors (Lipinski definition) is 4. The number of fused-ring (bicyclic) bond motifs is 1. The monoisotopic (exact) mass is 401 g/mol. The van der Waals surface area contributed by atoms with Crippen molar-refractivity contribution in [2.24, 2.45) is 0 Å². The van der Waals surface area contributed by atoms with Crippen molar-refractivity contribution in [2.75, 3.05) is 0 Å². The number of nitrogens with zero attached hydrogens (tertiary/aromatic N) is 3. The number of rotatable bonds is 4. The second-order valence-corrected chi connectivity index (χ2v) is 7.35. The third-order valence-corrected chi connectivity index (χ3v) is 5.47. The van der Waals surface area contributed by atoms with Crippen molar-refractivity contribution >= 4 is 34.0 Å². The summed E-state index contributed by atoms with van der Waals surface area (Å²) in [5, 5.41) is 2.09. The van der Waals surface area contributed by atoms with Crippen molar-refractivity contribution in [1.29, 1.82) is 0 Å². The summed E-state index contributed by atoms with van der Waals surface area (Å²) in [7, 11) is 0. The zero-order chi connectivity index (χ0) is 19.0. The average molecular weight is 402 g/mol. The number of aromatic nitrogens is 3. The molecule has 136 valence electrons. The smallest absolute Gasteiger partial charge is 0.287 e. The molecule has 8 heteroatoms. The number of benzene rings is 1. The van der Waals surface area contributed by atoms with Gasteiger partial charge in [0.25, 0.3) is 5.56 Å². The largest absolute Gasteiger partial charge is 0.332 e. The molecule has 3 aromatic heterocycles. The van der Waals surface area contributed by atoms with E-state index < -0.39 is 17.1 Å². The van der Waals surface area contributed by atoms with Crippen LogP contribution in [0.15, 0.2) is 63.6 Å². The minimum absolute atomic E-state index is 0.0999. The fraction of sp³-hybridized carbons (Fsp3) is 0.105. The normalized spacial score (nSPS) is 11.2. The third kappa shape index (κ3) is 3.20. The van der Waals surface area contributed by atoms with E-state index in [-0.39, 0.29) is 29.2 Å². The summed E-state index contributed by atoms with van der Waals surface area (Å²) in [6.07, 6.45) is 1.49. The predicted molar refractivity (Wildman–Crippen MR) is 104 cm³/mol. The topological polar surface area (TPSA) is 56.9 Å². The summed E-state index contributed by atoms with van der Waals surface area (Å²) in [6.45, 7) is 0.0319. The Bertz CT molecular complexity index is 1230. The van der Waals surface area contributed by atoms with Crippen LogP contribution in [0.25, 0.3) is 11.0 Å². The molecule has 0 atom stereocenters. The maximum Gasteiger partial charge on any atom is 0.332 e. The van der Waals surface area contributed by atoms with Gasteiger partial charge in [-0.15, -0.1) is 11.3 Å². The molecule has 0 radical (unpaired) electrons. The number of hydrogen-bond donors (Lipinski definition) is 0. The van der Waals surface area contributed by atoms with Gasteiger partial charge >= 0.3 is 5.69 Å². The first-order valence-electron chi connectivity index (χ1n) is 8.10. The zero-order valence-corrected chi connectivity index (χ0v) is 15.5. The minimum Gasteiger partial charge on any atom is -0.287 e. The van der Waals surface area contributed by atoms with Gasteiger partial charge in [0, 0.05) is 21.7 Å². The van der Waals surface area contributed by atoms with E-state index in [1.54, 1.807) is 18.2 Å². The second-order valence-electron chi connectivity index (χ2n) is 5.91. The molecule has 0 spiro atoms. The number of thiophene rings is 1. The van der Waals surface area contributed by atoms with Gasteiger partial charge in [0.05, 0.1) is 18.6 Å². The highest BCUT2D eigenvalue weighted by Crippen LogP contribution is 2.20. The van der Waals surface area contributed by atoms with Crippen LogP contribution in [0.3, 0.4) is 0 Å². The summed E-state index contributed by atoms with van der Waals surface area (Å²) < 4.78 is 16.7. The lowest BCUT2D eigenvalue weighted by molar-refractivity contribution is 0.584. The van der Waals surface area contributed by atoms with E-state index >= 15 is 0 Å². The molecule has 0 bridgehead atoms. The average Bonchev–Trinajstić information content (AvgIpc) is 3.17. The van der Waals surface area contributed by atoms with Gasteiger partial charge in [-0.3, -0.25) is 13.9 Å². The van der Waals surface area contributed by atoms with Crippen LogP contribution >= 0.6 is 22.9 Å². The molecule has 0 N–H and O–H groups in total. The van der Waals surface area contributed by atoms with Gasteiger partial charge in [-0.1, -0.05) is 23.7 Å². The fourth-order valence-corrected chi connectivity index (χ4v) is 3.85. The molecule has 4 aromatic rings. The van der Waals surface area contributed by atoms with E-state index in [0.29, 0.717) is 5.52 Å². The van der Waals surface area contributed by atoms with Gasteiger partial charge in [-0.05, 0) is 35.7 Å². The maximum absolute atomic E-state index is 14.3. The summed E-state index contributed by atoms with van der Waals surface area (Å²) in [5.74, 6) is -0.512. The van der Waals surface area contributed by atoms with Gasteiger partial charge in [0.2, 0.25) is 0 Å². The van der Waals surface area contributed by atoms with Crippen molar-refractivity contribution in [2.45, 2.75) is 13.1 Å². The number of pyridine rings is 1. The van der Waals surface area contributed by atoms with Gasteiger partial charge in [-0.25, -0.2) is 14.2 Å². The Morgan fingerprint density at radius 3 is 2.63 bits per heavy atom. The lowest BCUT2D eigenvalue weighted by Crippen LogP contribution is -2.40. The molecule has 0 saturated carbocycles. The lowest BCUT2D eigenvalue weighted by Gasteiger charge is -2.14. The molecule has 0 fully saturated rings. The van der Waals surface area contributed by atoms with Gasteiger partial charge in [0.15, 0.2) is 5.52 Å². The maximum atomic E-state index is 14.3. The lowest BCUT2D eigenvalue weighted by atomic mass is 10.2. The van der Waals surface area contributed by atoms with Crippen molar-refractivity contribution in [3.05, 3.63) is 96.2 Å². The first-order valence-corrected chi connectivity index (χ1v) is 9.35. The van der Waals surface area contributed by atoms with Gasteiger partial charge < -0.3 is 0 Å². The predicted octanol–water partition coefficient (Wildman–Crippen LogP) is 3.51. The Labute approximate surface area is 161 Å². The van der Waals surface area contributed by atoms with E-state index in [1.807, 2.05) is 17.5 Å². The van der Waals surface area contributed by atoms with Crippen molar-refractivity contribution in [3.8, 4) is 0 Å². The van der Waals surface area contributed by atoms with E-state index in [2.05, 4.69) is 4.98 Å². The molecule has 0 aliphatic rings. The van der Waals surface area contributed by atoms with Crippen LogP contribution in [0.1, 0.15) is 10.4 Å².